The molecule has 0 radical (unpaired) electrons. The number of benzene rings is 1. The molecular formula is C13H14FN3O2S. The van der Waals surface area contributed by atoms with Gasteiger partial charge in [-0.3, -0.25) is 4.79 Å². The lowest BCUT2D eigenvalue weighted by Gasteiger charge is -2.17. The molecule has 2 aromatic rings. The fourth-order valence-corrected chi connectivity index (χ4v) is 2.00. The van der Waals surface area contributed by atoms with Crippen molar-refractivity contribution in [1.82, 2.24) is 14.9 Å². The molecule has 5 nitrogen and oxygen atoms in total. The summed E-state index contributed by atoms with van der Waals surface area (Å²) in [6.45, 7) is 2.25. The van der Waals surface area contributed by atoms with Gasteiger partial charge in [-0.1, -0.05) is 17.5 Å². The van der Waals surface area contributed by atoms with Crippen LogP contribution in [0.2, 0.25) is 0 Å². The van der Waals surface area contributed by atoms with Crippen molar-refractivity contribution < 1.29 is 13.9 Å². The average Bonchev–Trinajstić information content (AvgIpc) is 2.97. The predicted octanol–water partition coefficient (Wildman–Crippen LogP) is 2.26. The summed E-state index contributed by atoms with van der Waals surface area (Å²) in [6.07, 6.45) is 0.457. The molecule has 0 aliphatic rings. The van der Waals surface area contributed by atoms with Crippen LogP contribution in [-0.2, 0) is 0 Å². The van der Waals surface area contributed by atoms with E-state index in [0.29, 0.717) is 18.7 Å². The molecule has 20 heavy (non-hydrogen) atoms. The van der Waals surface area contributed by atoms with E-state index >= 15 is 0 Å². The summed E-state index contributed by atoms with van der Waals surface area (Å²) in [6, 6.07) is 5.93. The third-order valence-corrected chi connectivity index (χ3v) is 3.14. The van der Waals surface area contributed by atoms with Crippen molar-refractivity contribution >= 4 is 17.4 Å². The fourth-order valence-electron chi connectivity index (χ4n) is 1.56. The first-order valence-corrected chi connectivity index (χ1v) is 7.00. The Labute approximate surface area is 119 Å². The van der Waals surface area contributed by atoms with Crippen molar-refractivity contribution in [3.05, 3.63) is 41.2 Å². The smallest absolute Gasteiger partial charge is 0.272 e. The van der Waals surface area contributed by atoms with E-state index in [1.807, 2.05) is 6.92 Å². The zero-order valence-corrected chi connectivity index (χ0v) is 11.7. The Balaban J connectivity index is 1.88. The summed E-state index contributed by atoms with van der Waals surface area (Å²) < 4.78 is 22.3. The molecule has 1 atom stereocenters. The third-order valence-electron chi connectivity index (χ3n) is 2.64. The van der Waals surface area contributed by atoms with Crippen LogP contribution in [0.1, 0.15) is 23.8 Å². The number of carbonyl (C=O) groups excluding carboxylic acids is 1. The number of hydrogen-bond donors (Lipinski definition) is 1. The number of aromatic nitrogens is 2. The van der Waals surface area contributed by atoms with E-state index in [4.69, 9.17) is 4.74 Å². The van der Waals surface area contributed by atoms with E-state index in [1.54, 1.807) is 17.5 Å². The Hall–Kier alpha value is -2.02. The molecular weight excluding hydrogens is 281 g/mol. The Morgan fingerprint density at radius 1 is 1.55 bits per heavy atom. The third kappa shape index (κ3) is 3.99. The topological polar surface area (TPSA) is 64.1 Å². The molecule has 0 fully saturated rings. The molecule has 1 aromatic heterocycles. The second-order valence-electron chi connectivity index (χ2n) is 4.11. The standard InChI is InChI=1S/C13H14FN3O2S/c1-2-10(19-11-5-3-4-9(14)6-11)7-15-13(18)12-8-20-17-16-12/h3-6,8,10H,2,7H2,1H3,(H,15,18)/t10-/m1/s1. The van der Waals surface area contributed by atoms with Crippen LogP contribution < -0.4 is 10.1 Å². The lowest BCUT2D eigenvalue weighted by atomic mass is 10.2. The second-order valence-corrected chi connectivity index (χ2v) is 4.72. The first-order chi connectivity index (χ1) is 9.69. The fraction of sp³-hybridized carbons (Fsp3) is 0.308. The number of carbonyl (C=O) groups is 1. The number of nitrogens with zero attached hydrogens (tertiary/aromatic N) is 2. The molecule has 0 saturated carbocycles. The summed E-state index contributed by atoms with van der Waals surface area (Å²) in [5.41, 5.74) is 0.288. The zero-order valence-electron chi connectivity index (χ0n) is 10.9. The normalized spacial score (nSPS) is 11.9. The Morgan fingerprint density at radius 3 is 3.05 bits per heavy atom. The zero-order chi connectivity index (χ0) is 14.4. The van der Waals surface area contributed by atoms with Gasteiger partial charge < -0.3 is 10.1 Å². The maximum atomic E-state index is 13.1. The van der Waals surface area contributed by atoms with Crippen molar-refractivity contribution in [1.29, 1.82) is 0 Å². The van der Waals surface area contributed by atoms with Crippen molar-refractivity contribution in [2.75, 3.05) is 6.54 Å². The van der Waals surface area contributed by atoms with E-state index in [9.17, 15) is 9.18 Å². The van der Waals surface area contributed by atoms with Crippen molar-refractivity contribution in [2.24, 2.45) is 0 Å². The highest BCUT2D eigenvalue weighted by molar-refractivity contribution is 7.03. The van der Waals surface area contributed by atoms with Gasteiger partial charge in [0.25, 0.3) is 5.91 Å². The Kier molecular flexibility index (Phi) is 5.00. The highest BCUT2D eigenvalue weighted by atomic mass is 32.1. The minimum atomic E-state index is -0.352. The van der Waals surface area contributed by atoms with E-state index in [2.05, 4.69) is 14.9 Å². The van der Waals surface area contributed by atoms with Crippen LogP contribution in [0.25, 0.3) is 0 Å². The highest BCUT2D eigenvalue weighted by Crippen LogP contribution is 2.14. The maximum Gasteiger partial charge on any atom is 0.272 e. The number of rotatable bonds is 6. The minimum Gasteiger partial charge on any atom is -0.489 e. The monoisotopic (exact) mass is 295 g/mol. The van der Waals surface area contributed by atoms with Crippen LogP contribution in [0.3, 0.4) is 0 Å². The van der Waals surface area contributed by atoms with Crippen LogP contribution in [0, 0.1) is 5.82 Å². The minimum absolute atomic E-state index is 0.229. The molecule has 0 aliphatic carbocycles. The lowest BCUT2D eigenvalue weighted by Crippen LogP contribution is -2.35. The molecule has 0 unspecified atom stereocenters. The Morgan fingerprint density at radius 2 is 2.40 bits per heavy atom. The maximum absolute atomic E-state index is 13.1. The quantitative estimate of drug-likeness (QED) is 0.888. The number of amides is 1. The molecule has 0 bridgehead atoms. The van der Waals surface area contributed by atoms with Gasteiger partial charge in [-0.05, 0) is 30.1 Å². The van der Waals surface area contributed by atoms with Crippen LogP contribution in [0.5, 0.6) is 5.75 Å². The number of ether oxygens (including phenoxy) is 1. The van der Waals surface area contributed by atoms with Crippen LogP contribution >= 0.6 is 11.5 Å². The second kappa shape index (κ2) is 6.95. The molecule has 1 aromatic carbocycles. The molecule has 0 saturated heterocycles. The van der Waals surface area contributed by atoms with Crippen LogP contribution in [-0.4, -0.2) is 28.1 Å². The van der Waals surface area contributed by atoms with Crippen molar-refractivity contribution in [3.8, 4) is 5.75 Å². The van der Waals surface area contributed by atoms with Gasteiger partial charge in [-0.15, -0.1) is 5.10 Å². The summed E-state index contributed by atoms with van der Waals surface area (Å²) in [5.74, 6) is -0.198. The molecule has 106 valence electrons. The van der Waals surface area contributed by atoms with Gasteiger partial charge in [0.05, 0.1) is 6.54 Å². The van der Waals surface area contributed by atoms with Gasteiger partial charge >= 0.3 is 0 Å². The molecule has 1 amide bonds. The van der Waals surface area contributed by atoms with Gasteiger partial charge in [-0.2, -0.15) is 0 Å². The van der Waals surface area contributed by atoms with Crippen LogP contribution in [0.15, 0.2) is 29.6 Å². The molecule has 0 spiro atoms. The van der Waals surface area contributed by atoms with Crippen molar-refractivity contribution in [3.63, 3.8) is 0 Å². The van der Waals surface area contributed by atoms with Crippen LogP contribution in [0.4, 0.5) is 4.39 Å². The van der Waals surface area contributed by atoms with Gasteiger partial charge in [0.1, 0.15) is 17.7 Å². The number of halogens is 1. The molecule has 1 N–H and O–H groups in total. The molecule has 2 rings (SSSR count). The number of hydrogen-bond acceptors (Lipinski definition) is 5. The summed E-state index contributed by atoms with van der Waals surface area (Å²) in [5, 5.41) is 7.97. The summed E-state index contributed by atoms with van der Waals surface area (Å²) in [7, 11) is 0. The van der Waals surface area contributed by atoms with Gasteiger partial charge in [0, 0.05) is 11.4 Å². The first-order valence-electron chi connectivity index (χ1n) is 6.16. The predicted molar refractivity (Wildman–Crippen MR) is 73.3 cm³/mol. The van der Waals surface area contributed by atoms with Crippen molar-refractivity contribution in [2.45, 2.75) is 19.4 Å². The van der Waals surface area contributed by atoms with E-state index in [-0.39, 0.29) is 23.5 Å². The summed E-state index contributed by atoms with van der Waals surface area (Å²) >= 11 is 1.12. The molecule has 0 aliphatic heterocycles. The SMILES string of the molecule is CC[C@H](CNC(=O)c1csnn1)Oc1cccc(F)c1. The molecule has 7 heteroatoms. The van der Waals surface area contributed by atoms with E-state index in [1.165, 1.54) is 12.1 Å². The lowest BCUT2D eigenvalue weighted by molar-refractivity contribution is 0.0921. The van der Waals surface area contributed by atoms with E-state index in [0.717, 1.165) is 11.5 Å². The Bertz CT molecular complexity index is 563. The van der Waals surface area contributed by atoms with Gasteiger partial charge in [-0.25, -0.2) is 4.39 Å². The molecule has 1 heterocycles. The van der Waals surface area contributed by atoms with E-state index < -0.39 is 0 Å². The highest BCUT2D eigenvalue weighted by Gasteiger charge is 2.13. The van der Waals surface area contributed by atoms with Gasteiger partial charge in [0.15, 0.2) is 5.69 Å². The first kappa shape index (κ1) is 14.4. The summed E-state index contributed by atoms with van der Waals surface area (Å²) in [4.78, 5) is 11.7. The number of nitrogens with one attached hydrogen (secondary N) is 1. The van der Waals surface area contributed by atoms with Gasteiger partial charge in [0.2, 0.25) is 0 Å². The largest absolute Gasteiger partial charge is 0.489 e. The average molecular weight is 295 g/mol.